The number of hydrogen-bond donors (Lipinski definition) is 3. The van der Waals surface area contributed by atoms with Gasteiger partial charge in [-0.2, -0.15) is 0 Å². The van der Waals surface area contributed by atoms with Crippen LogP contribution in [0.2, 0.25) is 0 Å². The molecule has 2 rings (SSSR count). The fourth-order valence-electron chi connectivity index (χ4n) is 2.39. The molecule has 1 heterocycles. The summed E-state index contributed by atoms with van der Waals surface area (Å²) in [5.41, 5.74) is 0.450. The summed E-state index contributed by atoms with van der Waals surface area (Å²) in [4.78, 5) is 12.3. The van der Waals surface area contributed by atoms with Gasteiger partial charge in [0.25, 0.3) is 5.91 Å². The number of methoxy groups -OCH3 is 1. The molecule has 0 aliphatic carbocycles. The van der Waals surface area contributed by atoms with Gasteiger partial charge in [-0.15, -0.1) is 0 Å². The van der Waals surface area contributed by atoms with E-state index in [1.54, 1.807) is 0 Å². The molecule has 7 nitrogen and oxygen atoms in total. The molecule has 1 fully saturated rings. The minimum Gasteiger partial charge on any atom is -0.383 e. The largest absolute Gasteiger partial charge is 0.383 e. The maximum Gasteiger partial charge on any atom is 0.251 e. The van der Waals surface area contributed by atoms with E-state index < -0.39 is 10.0 Å². The zero-order valence-corrected chi connectivity index (χ0v) is 14.0. The molecule has 1 amide bonds. The number of carbonyl (C=O) groups excluding carboxylic acids is 1. The van der Waals surface area contributed by atoms with Gasteiger partial charge in [0.2, 0.25) is 10.0 Å². The average molecular weight is 341 g/mol. The van der Waals surface area contributed by atoms with Crippen molar-refractivity contribution in [1.82, 2.24) is 15.4 Å². The van der Waals surface area contributed by atoms with Crippen molar-refractivity contribution in [2.45, 2.75) is 23.8 Å². The third-order valence-corrected chi connectivity index (χ3v) is 5.13. The second kappa shape index (κ2) is 8.39. The Hall–Kier alpha value is -1.48. The van der Waals surface area contributed by atoms with E-state index in [1.807, 2.05) is 0 Å². The van der Waals surface area contributed by atoms with E-state index in [9.17, 15) is 13.2 Å². The van der Waals surface area contributed by atoms with Crippen LogP contribution in [-0.4, -0.2) is 53.7 Å². The van der Waals surface area contributed by atoms with Crippen molar-refractivity contribution in [2.24, 2.45) is 0 Å². The van der Waals surface area contributed by atoms with Crippen LogP contribution in [-0.2, 0) is 14.8 Å². The van der Waals surface area contributed by atoms with Gasteiger partial charge in [-0.25, -0.2) is 13.1 Å². The van der Waals surface area contributed by atoms with Crippen LogP contribution in [0.3, 0.4) is 0 Å². The first kappa shape index (κ1) is 17.9. The molecule has 8 heteroatoms. The average Bonchev–Trinajstić information content (AvgIpc) is 2.56. The van der Waals surface area contributed by atoms with Gasteiger partial charge in [0.1, 0.15) is 0 Å². The summed E-state index contributed by atoms with van der Waals surface area (Å²) in [5.74, 6) is -0.185. The normalized spacial score (nSPS) is 18.6. The number of sulfonamides is 1. The Kier molecular flexibility index (Phi) is 6.52. The summed E-state index contributed by atoms with van der Waals surface area (Å²) in [6, 6.07) is 6.04. The summed E-state index contributed by atoms with van der Waals surface area (Å²) >= 11 is 0. The number of amides is 1. The van der Waals surface area contributed by atoms with Crippen molar-refractivity contribution in [1.29, 1.82) is 0 Å². The highest BCUT2D eigenvalue weighted by Crippen LogP contribution is 2.11. The molecule has 23 heavy (non-hydrogen) atoms. The van der Waals surface area contributed by atoms with Crippen LogP contribution >= 0.6 is 0 Å². The number of piperidine rings is 1. The second-order valence-corrected chi connectivity index (χ2v) is 7.20. The number of ether oxygens (including phenoxy) is 1. The van der Waals surface area contributed by atoms with Crippen LogP contribution < -0.4 is 15.4 Å². The predicted octanol–water partition coefficient (Wildman–Crippen LogP) is 0.0931. The molecule has 1 aromatic rings. The second-order valence-electron chi connectivity index (χ2n) is 5.43. The molecule has 0 radical (unpaired) electrons. The van der Waals surface area contributed by atoms with E-state index in [-0.39, 0.29) is 23.4 Å². The lowest BCUT2D eigenvalue weighted by Gasteiger charge is -2.23. The molecule has 0 bridgehead atoms. The molecule has 1 atom stereocenters. The lowest BCUT2D eigenvalue weighted by molar-refractivity contribution is 0.0930. The summed E-state index contributed by atoms with van der Waals surface area (Å²) in [6.45, 7) is 2.25. The van der Waals surface area contributed by atoms with Crippen LogP contribution in [0.15, 0.2) is 29.2 Å². The molecule has 1 aromatic carbocycles. The summed E-state index contributed by atoms with van der Waals surface area (Å²) in [7, 11) is -2.07. The lowest BCUT2D eigenvalue weighted by Crippen LogP contribution is -2.45. The first-order valence-corrected chi connectivity index (χ1v) is 9.11. The van der Waals surface area contributed by atoms with Crippen molar-refractivity contribution in [2.75, 3.05) is 33.4 Å². The SMILES string of the molecule is COCCNS(=O)(=O)c1ccc(C(=O)N[C@H]2CCCNC2)cc1. The van der Waals surface area contributed by atoms with Gasteiger partial charge in [0.05, 0.1) is 11.5 Å². The van der Waals surface area contributed by atoms with Crippen LogP contribution in [0.25, 0.3) is 0 Å². The van der Waals surface area contributed by atoms with Crippen molar-refractivity contribution < 1.29 is 17.9 Å². The van der Waals surface area contributed by atoms with Crippen LogP contribution in [0.4, 0.5) is 0 Å². The molecule has 128 valence electrons. The lowest BCUT2D eigenvalue weighted by atomic mass is 10.1. The maximum atomic E-state index is 12.2. The number of hydrogen-bond acceptors (Lipinski definition) is 5. The van der Waals surface area contributed by atoms with Gasteiger partial charge in [-0.1, -0.05) is 0 Å². The van der Waals surface area contributed by atoms with E-state index in [4.69, 9.17) is 4.74 Å². The zero-order valence-electron chi connectivity index (χ0n) is 13.2. The first-order valence-electron chi connectivity index (χ1n) is 7.63. The van der Waals surface area contributed by atoms with E-state index in [0.29, 0.717) is 12.2 Å². The molecular formula is C15H23N3O4S. The molecule has 0 unspecified atom stereocenters. The topological polar surface area (TPSA) is 96.5 Å². The van der Waals surface area contributed by atoms with Gasteiger partial charge in [-0.3, -0.25) is 4.79 Å². The van der Waals surface area contributed by atoms with E-state index in [0.717, 1.165) is 25.9 Å². The van der Waals surface area contributed by atoms with Gasteiger partial charge in [0.15, 0.2) is 0 Å². The van der Waals surface area contributed by atoms with Crippen molar-refractivity contribution in [3.63, 3.8) is 0 Å². The Balaban J connectivity index is 1.96. The van der Waals surface area contributed by atoms with Crippen LogP contribution in [0.5, 0.6) is 0 Å². The molecular weight excluding hydrogens is 318 g/mol. The molecule has 3 N–H and O–H groups in total. The maximum absolute atomic E-state index is 12.2. The van der Waals surface area contributed by atoms with Crippen LogP contribution in [0.1, 0.15) is 23.2 Å². The number of carbonyl (C=O) groups is 1. The Morgan fingerprint density at radius 3 is 2.70 bits per heavy atom. The highest BCUT2D eigenvalue weighted by atomic mass is 32.2. The fraction of sp³-hybridized carbons (Fsp3) is 0.533. The van der Waals surface area contributed by atoms with E-state index >= 15 is 0 Å². The van der Waals surface area contributed by atoms with Gasteiger partial charge >= 0.3 is 0 Å². The standard InChI is InChI=1S/C15H23N3O4S/c1-22-10-9-17-23(20,21)14-6-4-12(5-7-14)15(19)18-13-3-2-8-16-11-13/h4-7,13,16-17H,2-3,8-11H2,1H3,(H,18,19)/t13-/m0/s1. The summed E-state index contributed by atoms with van der Waals surface area (Å²) in [5, 5.41) is 6.18. The minimum atomic E-state index is -3.57. The third-order valence-electron chi connectivity index (χ3n) is 3.66. The van der Waals surface area contributed by atoms with Gasteiger partial charge in [-0.05, 0) is 43.7 Å². The number of nitrogens with one attached hydrogen (secondary N) is 3. The minimum absolute atomic E-state index is 0.121. The Morgan fingerprint density at radius 1 is 1.35 bits per heavy atom. The predicted molar refractivity (Wildman–Crippen MR) is 86.9 cm³/mol. The third kappa shape index (κ3) is 5.28. The molecule has 1 aliphatic heterocycles. The molecule has 0 aromatic heterocycles. The zero-order chi connectivity index (χ0) is 16.7. The van der Waals surface area contributed by atoms with Crippen molar-refractivity contribution in [3.8, 4) is 0 Å². The molecule has 0 saturated carbocycles. The van der Waals surface area contributed by atoms with Gasteiger partial charge < -0.3 is 15.4 Å². The van der Waals surface area contributed by atoms with Crippen molar-refractivity contribution >= 4 is 15.9 Å². The molecule has 1 aliphatic rings. The first-order chi connectivity index (χ1) is 11.0. The summed E-state index contributed by atoms with van der Waals surface area (Å²) < 4.78 is 31.3. The highest BCUT2D eigenvalue weighted by molar-refractivity contribution is 7.89. The number of rotatable bonds is 7. The summed E-state index contributed by atoms with van der Waals surface area (Å²) in [6.07, 6.45) is 1.99. The van der Waals surface area contributed by atoms with Gasteiger partial charge in [0, 0.05) is 31.8 Å². The van der Waals surface area contributed by atoms with E-state index in [1.165, 1.54) is 31.4 Å². The fourth-order valence-corrected chi connectivity index (χ4v) is 3.40. The highest BCUT2D eigenvalue weighted by Gasteiger charge is 2.18. The monoisotopic (exact) mass is 341 g/mol. The van der Waals surface area contributed by atoms with Crippen molar-refractivity contribution in [3.05, 3.63) is 29.8 Å². The molecule has 0 spiro atoms. The Labute approximate surface area is 136 Å². The van der Waals surface area contributed by atoms with Crippen LogP contribution in [0, 0.1) is 0 Å². The smallest absolute Gasteiger partial charge is 0.251 e. The Bertz CT molecular complexity index is 610. The quantitative estimate of drug-likeness (QED) is 0.611. The van der Waals surface area contributed by atoms with E-state index in [2.05, 4.69) is 15.4 Å². The number of benzene rings is 1. The molecule has 1 saturated heterocycles. The Morgan fingerprint density at radius 2 is 2.09 bits per heavy atom.